The molecule has 3 heterocycles. The molecule has 0 aliphatic carbocycles. The molecule has 1 amide bonds. The van der Waals surface area contributed by atoms with Gasteiger partial charge in [-0.15, -0.1) is 10.2 Å². The minimum absolute atomic E-state index is 0.0948. The molecule has 0 bridgehead atoms. The normalized spacial score (nSPS) is 11.2. The Labute approximate surface area is 181 Å². The summed E-state index contributed by atoms with van der Waals surface area (Å²) in [7, 11) is 0. The molecule has 32 heavy (non-hydrogen) atoms. The van der Waals surface area contributed by atoms with Gasteiger partial charge in [0, 0.05) is 12.2 Å². The summed E-state index contributed by atoms with van der Waals surface area (Å²) in [6, 6.07) is 17.6. The van der Waals surface area contributed by atoms with Crippen molar-refractivity contribution in [3.8, 4) is 5.75 Å². The molecule has 0 atom stereocenters. The number of hydrogen-bond donors (Lipinski definition) is 1. The summed E-state index contributed by atoms with van der Waals surface area (Å²) in [4.78, 5) is 24.8. The lowest BCUT2D eigenvalue weighted by Gasteiger charge is -2.10. The van der Waals surface area contributed by atoms with Gasteiger partial charge in [-0.2, -0.15) is 0 Å². The zero-order chi connectivity index (χ0) is 22.1. The maximum absolute atomic E-state index is 12.8. The second-order valence-electron chi connectivity index (χ2n) is 7.06. The molecule has 0 aliphatic rings. The topological polar surface area (TPSA) is 104 Å². The van der Waals surface area contributed by atoms with Gasteiger partial charge in [-0.1, -0.05) is 12.1 Å². The average molecular weight is 429 g/mol. The number of nitrogens with one attached hydrogen (secondary N) is 1. The Morgan fingerprint density at radius 1 is 1.06 bits per heavy atom. The monoisotopic (exact) mass is 429 g/mol. The van der Waals surface area contributed by atoms with Gasteiger partial charge in [0.2, 0.25) is 5.78 Å². The highest BCUT2D eigenvalue weighted by molar-refractivity contribution is 6.02. The molecule has 3 aromatic heterocycles. The number of benzene rings is 2. The van der Waals surface area contributed by atoms with Crippen LogP contribution >= 0.6 is 0 Å². The summed E-state index contributed by atoms with van der Waals surface area (Å²) >= 11 is 0. The number of aromatic nitrogens is 4. The van der Waals surface area contributed by atoms with Crippen molar-refractivity contribution in [1.82, 2.24) is 19.2 Å². The van der Waals surface area contributed by atoms with Crippen LogP contribution in [-0.4, -0.2) is 25.1 Å². The van der Waals surface area contributed by atoms with Gasteiger partial charge < -0.3 is 14.5 Å². The van der Waals surface area contributed by atoms with E-state index in [9.17, 15) is 9.59 Å². The van der Waals surface area contributed by atoms with E-state index in [1.54, 1.807) is 47.0 Å². The van der Waals surface area contributed by atoms with Crippen molar-refractivity contribution in [1.29, 1.82) is 0 Å². The fourth-order valence-electron chi connectivity index (χ4n) is 3.58. The number of carbonyl (C=O) groups is 1. The first kappa shape index (κ1) is 19.6. The van der Waals surface area contributed by atoms with E-state index in [4.69, 9.17) is 9.15 Å². The third-order valence-electron chi connectivity index (χ3n) is 5.12. The summed E-state index contributed by atoms with van der Waals surface area (Å²) in [5, 5.41) is 11.8. The van der Waals surface area contributed by atoms with Gasteiger partial charge in [0.25, 0.3) is 11.5 Å². The number of amides is 1. The van der Waals surface area contributed by atoms with Gasteiger partial charge >= 0.3 is 0 Å². The number of furan rings is 1. The third-order valence-corrected chi connectivity index (χ3v) is 5.12. The van der Waals surface area contributed by atoms with Crippen molar-refractivity contribution >= 4 is 28.3 Å². The summed E-state index contributed by atoms with van der Waals surface area (Å²) in [5.74, 6) is 1.57. The van der Waals surface area contributed by atoms with E-state index < -0.39 is 0 Å². The minimum atomic E-state index is -0.326. The van der Waals surface area contributed by atoms with Gasteiger partial charge in [0.05, 0.1) is 17.2 Å². The Morgan fingerprint density at radius 2 is 1.88 bits per heavy atom. The van der Waals surface area contributed by atoms with Crippen LogP contribution in [0.5, 0.6) is 5.75 Å². The number of rotatable bonds is 6. The van der Waals surface area contributed by atoms with Crippen LogP contribution in [0.25, 0.3) is 16.7 Å². The Hall–Kier alpha value is -4.40. The second-order valence-corrected chi connectivity index (χ2v) is 7.06. The van der Waals surface area contributed by atoms with Crippen molar-refractivity contribution in [2.75, 3.05) is 5.32 Å². The third kappa shape index (κ3) is 3.39. The highest BCUT2D eigenvalue weighted by Crippen LogP contribution is 2.19. The van der Waals surface area contributed by atoms with E-state index in [1.807, 2.05) is 29.5 Å². The molecule has 0 saturated carbocycles. The van der Waals surface area contributed by atoms with Gasteiger partial charge in [0.1, 0.15) is 12.4 Å². The number of aryl methyl sites for hydroxylation is 1. The van der Waals surface area contributed by atoms with Crippen LogP contribution in [0.4, 0.5) is 5.69 Å². The summed E-state index contributed by atoms with van der Waals surface area (Å²) in [6.07, 6.45) is 1.45. The standard InChI is InChI=1S/C23H19N5O4/c1-2-27-22(30)17-6-3-4-7-18(17)28-20(25-26-23(27)28)14-32-16-11-9-15(10-12-16)24-21(29)19-8-5-13-31-19/h3-13H,2,14H2,1H3,(H,24,29). The second kappa shape index (κ2) is 8.03. The van der Waals surface area contributed by atoms with E-state index in [-0.39, 0.29) is 23.8 Å². The fourth-order valence-corrected chi connectivity index (χ4v) is 3.58. The molecule has 2 aromatic carbocycles. The number of carbonyl (C=O) groups excluding carboxylic acids is 1. The molecule has 0 spiro atoms. The van der Waals surface area contributed by atoms with E-state index in [0.29, 0.717) is 35.0 Å². The largest absolute Gasteiger partial charge is 0.486 e. The fraction of sp³-hybridized carbons (Fsp3) is 0.130. The van der Waals surface area contributed by atoms with Crippen LogP contribution in [0.15, 0.2) is 76.1 Å². The predicted molar refractivity (Wildman–Crippen MR) is 118 cm³/mol. The number of ether oxygens (including phenoxy) is 1. The summed E-state index contributed by atoms with van der Waals surface area (Å²) in [5.41, 5.74) is 1.25. The molecule has 5 aromatic rings. The number of nitrogens with zero attached hydrogens (tertiary/aromatic N) is 4. The molecular weight excluding hydrogens is 410 g/mol. The molecular formula is C23H19N5O4. The Bertz CT molecular complexity index is 1470. The quantitative estimate of drug-likeness (QED) is 0.443. The smallest absolute Gasteiger partial charge is 0.291 e. The van der Waals surface area contributed by atoms with Crippen LogP contribution in [0.3, 0.4) is 0 Å². The highest BCUT2D eigenvalue weighted by atomic mass is 16.5. The lowest BCUT2D eigenvalue weighted by molar-refractivity contribution is 0.0996. The van der Waals surface area contributed by atoms with Gasteiger partial charge in [-0.25, -0.2) is 0 Å². The predicted octanol–water partition coefficient (Wildman–Crippen LogP) is 3.49. The SMILES string of the molecule is CCn1c(=O)c2ccccc2n2c(COc3ccc(NC(=O)c4ccco4)cc3)nnc12. The first-order valence-corrected chi connectivity index (χ1v) is 10.1. The molecule has 5 rings (SSSR count). The minimum Gasteiger partial charge on any atom is -0.486 e. The Kier molecular flexibility index (Phi) is 4.91. The molecule has 0 fully saturated rings. The highest BCUT2D eigenvalue weighted by Gasteiger charge is 2.16. The van der Waals surface area contributed by atoms with Crippen molar-refractivity contribution in [3.63, 3.8) is 0 Å². The van der Waals surface area contributed by atoms with Crippen LogP contribution in [0.2, 0.25) is 0 Å². The van der Waals surface area contributed by atoms with Gasteiger partial charge in [-0.05, 0) is 55.5 Å². The van der Waals surface area contributed by atoms with Gasteiger partial charge in [0.15, 0.2) is 11.6 Å². The first-order chi connectivity index (χ1) is 15.7. The molecule has 160 valence electrons. The number of anilines is 1. The lowest BCUT2D eigenvalue weighted by Crippen LogP contribution is -2.22. The van der Waals surface area contributed by atoms with E-state index in [2.05, 4.69) is 15.5 Å². The van der Waals surface area contributed by atoms with E-state index in [0.717, 1.165) is 5.52 Å². The van der Waals surface area contributed by atoms with Crippen LogP contribution in [-0.2, 0) is 13.2 Å². The maximum Gasteiger partial charge on any atom is 0.291 e. The molecule has 1 N–H and O–H groups in total. The zero-order valence-electron chi connectivity index (χ0n) is 17.2. The number of fused-ring (bicyclic) bond motifs is 3. The number of hydrogen-bond acceptors (Lipinski definition) is 6. The van der Waals surface area contributed by atoms with Crippen LogP contribution in [0.1, 0.15) is 23.3 Å². The molecule has 0 saturated heterocycles. The first-order valence-electron chi connectivity index (χ1n) is 10.1. The number of para-hydroxylation sites is 1. The molecule has 0 unspecified atom stereocenters. The van der Waals surface area contributed by atoms with Gasteiger partial charge in [-0.3, -0.25) is 18.6 Å². The summed E-state index contributed by atoms with van der Waals surface area (Å²) in [6.45, 7) is 2.54. The molecule has 0 aliphatic heterocycles. The van der Waals surface area contributed by atoms with Crippen molar-refractivity contribution < 1.29 is 13.9 Å². The van der Waals surface area contributed by atoms with Crippen LogP contribution < -0.4 is 15.6 Å². The van der Waals surface area contributed by atoms with Crippen LogP contribution in [0, 0.1) is 0 Å². The Morgan fingerprint density at radius 3 is 2.62 bits per heavy atom. The van der Waals surface area contributed by atoms with E-state index in [1.165, 1.54) is 6.26 Å². The summed E-state index contributed by atoms with van der Waals surface area (Å²) < 4.78 is 14.4. The molecule has 0 radical (unpaired) electrons. The van der Waals surface area contributed by atoms with Crippen molar-refractivity contribution in [2.45, 2.75) is 20.1 Å². The maximum atomic E-state index is 12.8. The van der Waals surface area contributed by atoms with Crippen molar-refractivity contribution in [2.24, 2.45) is 0 Å². The van der Waals surface area contributed by atoms with Crippen molar-refractivity contribution in [3.05, 3.63) is 88.9 Å². The lowest BCUT2D eigenvalue weighted by atomic mass is 10.2. The molecule has 9 nitrogen and oxygen atoms in total. The van der Waals surface area contributed by atoms with E-state index >= 15 is 0 Å². The Balaban J connectivity index is 1.38. The zero-order valence-corrected chi connectivity index (χ0v) is 17.2. The average Bonchev–Trinajstić information content (AvgIpc) is 3.50. The molecule has 9 heteroatoms.